The van der Waals surface area contributed by atoms with Gasteiger partial charge in [0.25, 0.3) is 0 Å². The van der Waals surface area contributed by atoms with Crippen molar-refractivity contribution in [1.29, 1.82) is 0 Å². The molecule has 0 spiro atoms. The van der Waals surface area contributed by atoms with E-state index in [2.05, 4.69) is 31.0 Å². The molecule has 0 unspecified atom stereocenters. The first-order valence-corrected chi connectivity index (χ1v) is 6.06. The number of hydrogen-bond acceptors (Lipinski definition) is 4. The zero-order valence-electron chi connectivity index (χ0n) is 9.30. The van der Waals surface area contributed by atoms with E-state index in [-0.39, 0.29) is 11.6 Å². The highest BCUT2D eigenvalue weighted by molar-refractivity contribution is 9.10. The molecular formula is C11H11BrN4O. The number of nitrogens with zero attached hydrogens (tertiary/aromatic N) is 4. The normalized spacial score (nSPS) is 10.5. The van der Waals surface area contributed by atoms with Crippen molar-refractivity contribution in [3.63, 3.8) is 0 Å². The molecule has 0 aromatic carbocycles. The Morgan fingerprint density at radius 1 is 1.41 bits per heavy atom. The molecule has 0 aliphatic rings. The highest BCUT2D eigenvalue weighted by atomic mass is 79.9. The van der Waals surface area contributed by atoms with Crippen molar-refractivity contribution in [3.05, 3.63) is 40.6 Å². The number of ketones is 1. The zero-order chi connectivity index (χ0) is 12.3. The van der Waals surface area contributed by atoms with Gasteiger partial charge in [-0.05, 0) is 28.4 Å². The van der Waals surface area contributed by atoms with Crippen LogP contribution in [0.3, 0.4) is 0 Å². The molecule has 88 valence electrons. The standard InChI is InChI=1S/C11H11BrN4O/c1-2-6-16-9(8(12)7-15-16)10(17)11-13-4-3-5-14-11/h3-5,7H,2,6H2,1H3. The Balaban J connectivity index is 2.40. The predicted molar refractivity (Wildman–Crippen MR) is 65.7 cm³/mol. The van der Waals surface area contributed by atoms with Crippen LogP contribution in [-0.2, 0) is 6.54 Å². The molecular weight excluding hydrogens is 284 g/mol. The van der Waals surface area contributed by atoms with E-state index in [1.165, 1.54) is 0 Å². The molecule has 0 saturated carbocycles. The van der Waals surface area contributed by atoms with E-state index in [4.69, 9.17) is 0 Å². The Bertz CT molecular complexity index is 524. The lowest BCUT2D eigenvalue weighted by Crippen LogP contribution is -2.14. The molecule has 2 aromatic heterocycles. The number of aromatic nitrogens is 4. The lowest BCUT2D eigenvalue weighted by atomic mass is 10.2. The summed E-state index contributed by atoms with van der Waals surface area (Å²) in [5.74, 6) is -0.0329. The second kappa shape index (κ2) is 5.18. The smallest absolute Gasteiger partial charge is 0.249 e. The third-order valence-corrected chi connectivity index (χ3v) is 2.79. The summed E-state index contributed by atoms with van der Waals surface area (Å²) in [7, 11) is 0. The van der Waals surface area contributed by atoms with E-state index in [9.17, 15) is 4.79 Å². The molecule has 6 heteroatoms. The fourth-order valence-corrected chi connectivity index (χ4v) is 1.97. The van der Waals surface area contributed by atoms with Gasteiger partial charge in [0.05, 0.1) is 10.7 Å². The third-order valence-electron chi connectivity index (χ3n) is 2.21. The average molecular weight is 295 g/mol. The van der Waals surface area contributed by atoms with Crippen molar-refractivity contribution >= 4 is 21.7 Å². The van der Waals surface area contributed by atoms with Crippen molar-refractivity contribution in [2.24, 2.45) is 0 Å². The number of carbonyl (C=O) groups is 1. The van der Waals surface area contributed by atoms with Crippen LogP contribution in [0.25, 0.3) is 0 Å². The van der Waals surface area contributed by atoms with E-state index in [1.807, 2.05) is 6.92 Å². The van der Waals surface area contributed by atoms with E-state index in [1.54, 1.807) is 29.3 Å². The SMILES string of the molecule is CCCn1ncc(Br)c1C(=O)c1ncccn1. The predicted octanol–water partition coefficient (Wildman–Crippen LogP) is 2.08. The topological polar surface area (TPSA) is 60.7 Å². The molecule has 0 fully saturated rings. The first-order valence-electron chi connectivity index (χ1n) is 5.27. The number of rotatable bonds is 4. The minimum Gasteiger partial charge on any atom is -0.283 e. The molecule has 0 atom stereocenters. The summed E-state index contributed by atoms with van der Waals surface area (Å²) in [6.45, 7) is 2.72. The Morgan fingerprint density at radius 2 is 2.12 bits per heavy atom. The third kappa shape index (κ3) is 2.41. The van der Waals surface area contributed by atoms with Gasteiger partial charge in [0, 0.05) is 18.9 Å². The molecule has 2 rings (SSSR count). The van der Waals surface area contributed by atoms with E-state index in [0.717, 1.165) is 6.42 Å². The quantitative estimate of drug-likeness (QED) is 0.810. The molecule has 0 amide bonds. The van der Waals surface area contributed by atoms with Crippen LogP contribution in [0.4, 0.5) is 0 Å². The summed E-state index contributed by atoms with van der Waals surface area (Å²) < 4.78 is 2.34. The Labute approximate surface area is 107 Å². The van der Waals surface area contributed by atoms with Crippen molar-refractivity contribution < 1.29 is 4.79 Å². The van der Waals surface area contributed by atoms with Crippen LogP contribution in [0, 0.1) is 0 Å². The van der Waals surface area contributed by atoms with Crippen LogP contribution in [0.1, 0.15) is 29.7 Å². The van der Waals surface area contributed by atoms with Crippen molar-refractivity contribution in [2.45, 2.75) is 19.9 Å². The maximum Gasteiger partial charge on any atom is 0.249 e. The van der Waals surface area contributed by atoms with Gasteiger partial charge in [-0.2, -0.15) is 5.10 Å². The maximum atomic E-state index is 12.2. The van der Waals surface area contributed by atoms with Gasteiger partial charge < -0.3 is 0 Å². The van der Waals surface area contributed by atoms with E-state index >= 15 is 0 Å². The Morgan fingerprint density at radius 3 is 2.76 bits per heavy atom. The number of aryl methyl sites for hydroxylation is 1. The zero-order valence-corrected chi connectivity index (χ0v) is 10.9. The molecule has 0 radical (unpaired) electrons. The molecule has 0 N–H and O–H groups in total. The molecule has 0 saturated heterocycles. The van der Waals surface area contributed by atoms with Crippen LogP contribution >= 0.6 is 15.9 Å². The number of halogens is 1. The monoisotopic (exact) mass is 294 g/mol. The summed E-state index contributed by atoms with van der Waals surface area (Å²) in [4.78, 5) is 20.1. The van der Waals surface area contributed by atoms with Crippen molar-refractivity contribution in [1.82, 2.24) is 19.7 Å². The van der Waals surface area contributed by atoms with Crippen LogP contribution < -0.4 is 0 Å². The summed E-state index contributed by atoms with van der Waals surface area (Å²) in [5.41, 5.74) is 0.498. The lowest BCUT2D eigenvalue weighted by molar-refractivity contribution is 0.101. The number of hydrogen-bond donors (Lipinski definition) is 0. The fraction of sp³-hybridized carbons (Fsp3) is 0.273. The molecule has 0 aliphatic heterocycles. The van der Waals surface area contributed by atoms with Gasteiger partial charge in [-0.1, -0.05) is 6.92 Å². The Kier molecular flexibility index (Phi) is 3.63. The van der Waals surface area contributed by atoms with Gasteiger partial charge in [-0.3, -0.25) is 9.48 Å². The van der Waals surface area contributed by atoms with E-state index in [0.29, 0.717) is 16.7 Å². The lowest BCUT2D eigenvalue weighted by Gasteiger charge is -2.04. The summed E-state index contributed by atoms with van der Waals surface area (Å²) in [6, 6.07) is 1.68. The minimum atomic E-state index is -0.219. The van der Waals surface area contributed by atoms with Gasteiger partial charge in [0.2, 0.25) is 11.6 Å². The van der Waals surface area contributed by atoms with Crippen LogP contribution in [-0.4, -0.2) is 25.5 Å². The Hall–Kier alpha value is -1.56. The molecule has 0 bridgehead atoms. The summed E-state index contributed by atoms with van der Waals surface area (Å²) >= 11 is 3.33. The van der Waals surface area contributed by atoms with E-state index < -0.39 is 0 Å². The first-order chi connectivity index (χ1) is 8.24. The molecule has 2 heterocycles. The largest absolute Gasteiger partial charge is 0.283 e. The van der Waals surface area contributed by atoms with Gasteiger partial charge >= 0.3 is 0 Å². The fourth-order valence-electron chi connectivity index (χ4n) is 1.49. The van der Waals surface area contributed by atoms with Gasteiger partial charge in [-0.15, -0.1) is 0 Å². The van der Waals surface area contributed by atoms with Gasteiger partial charge in [0.15, 0.2) is 0 Å². The molecule has 17 heavy (non-hydrogen) atoms. The average Bonchev–Trinajstić information content (AvgIpc) is 2.71. The first kappa shape index (κ1) is 11.9. The molecule has 5 nitrogen and oxygen atoms in total. The maximum absolute atomic E-state index is 12.2. The summed E-state index contributed by atoms with van der Waals surface area (Å²) in [5, 5.41) is 4.15. The highest BCUT2D eigenvalue weighted by Crippen LogP contribution is 2.18. The molecule has 2 aromatic rings. The van der Waals surface area contributed by atoms with Crippen molar-refractivity contribution in [3.8, 4) is 0 Å². The van der Waals surface area contributed by atoms with Gasteiger partial charge in [-0.25, -0.2) is 9.97 Å². The van der Waals surface area contributed by atoms with Crippen LogP contribution in [0.2, 0.25) is 0 Å². The van der Waals surface area contributed by atoms with Crippen LogP contribution in [0.15, 0.2) is 29.1 Å². The summed E-state index contributed by atoms with van der Waals surface area (Å²) in [6.07, 6.45) is 5.62. The van der Waals surface area contributed by atoms with Gasteiger partial charge in [0.1, 0.15) is 5.69 Å². The van der Waals surface area contributed by atoms with Crippen molar-refractivity contribution in [2.75, 3.05) is 0 Å². The highest BCUT2D eigenvalue weighted by Gasteiger charge is 2.20. The second-order valence-corrected chi connectivity index (χ2v) is 4.32. The second-order valence-electron chi connectivity index (χ2n) is 3.47. The molecule has 0 aliphatic carbocycles. The van der Waals surface area contributed by atoms with Crippen LogP contribution in [0.5, 0.6) is 0 Å². The minimum absolute atomic E-state index is 0.186. The number of carbonyl (C=O) groups excluding carboxylic acids is 1.